The Labute approximate surface area is 663 Å². The quantitative estimate of drug-likeness (QED) is 0.137. The van der Waals surface area contributed by atoms with Crippen LogP contribution in [0.3, 0.4) is 0 Å². The Kier molecular flexibility index (Phi) is 15.2. The van der Waals surface area contributed by atoms with Gasteiger partial charge in [0.15, 0.2) is 5.82 Å². The molecule has 0 radical (unpaired) electrons. The highest BCUT2D eigenvalue weighted by atomic mass is 32.1. The van der Waals surface area contributed by atoms with E-state index in [9.17, 15) is 0 Å². The Hall–Kier alpha value is -14.6. The molecule has 0 fully saturated rings. The second-order valence-corrected chi connectivity index (χ2v) is 31.4. The van der Waals surface area contributed by atoms with Gasteiger partial charge in [-0.25, -0.2) is 15.0 Å². The molecular formula is C105H65N7S2. The third-order valence-corrected chi connectivity index (χ3v) is 25.3. The molecular weight excluding hydrogens is 1420 g/mol. The van der Waals surface area contributed by atoms with E-state index < -0.39 is 0 Å². The Balaban J connectivity index is 0.000000135. The van der Waals surface area contributed by atoms with Crippen molar-refractivity contribution in [2.24, 2.45) is 0 Å². The summed E-state index contributed by atoms with van der Waals surface area (Å²) in [6.07, 6.45) is 0. The molecule has 16 aromatic carbocycles. The Morgan fingerprint density at radius 2 is 0.518 bits per heavy atom. The number of para-hydroxylation sites is 4. The molecule has 8 heterocycles. The van der Waals surface area contributed by atoms with Crippen LogP contribution in [0.2, 0.25) is 0 Å². The summed E-state index contributed by atoms with van der Waals surface area (Å²) in [5.41, 5.74) is 24.6. The molecule has 0 N–H and O–H groups in total. The maximum atomic E-state index is 5.21. The lowest BCUT2D eigenvalue weighted by molar-refractivity contribution is 1.05. The second-order valence-electron chi connectivity index (χ2n) is 29.3. The van der Waals surface area contributed by atoms with Crippen LogP contribution in [0.25, 0.3) is 218 Å². The highest BCUT2D eigenvalue weighted by Gasteiger charge is 2.24. The van der Waals surface area contributed by atoms with Crippen LogP contribution in [0.4, 0.5) is 0 Å². The van der Waals surface area contributed by atoms with Gasteiger partial charge in [-0.15, -0.1) is 22.7 Å². The predicted molar refractivity (Wildman–Crippen MR) is 482 cm³/mol. The van der Waals surface area contributed by atoms with E-state index in [-0.39, 0.29) is 0 Å². The third-order valence-electron chi connectivity index (χ3n) is 22.9. The van der Waals surface area contributed by atoms with Crippen molar-refractivity contribution in [3.05, 3.63) is 394 Å². The molecule has 0 saturated carbocycles. The minimum absolute atomic E-state index is 0.700. The fourth-order valence-electron chi connectivity index (χ4n) is 17.6. The third kappa shape index (κ3) is 10.7. The summed E-state index contributed by atoms with van der Waals surface area (Å²) in [5, 5.41) is 15.4. The van der Waals surface area contributed by atoms with Gasteiger partial charge < -0.3 is 13.7 Å². The van der Waals surface area contributed by atoms with E-state index in [0.29, 0.717) is 5.82 Å². The van der Waals surface area contributed by atoms with Crippen molar-refractivity contribution in [2.45, 2.75) is 0 Å². The summed E-state index contributed by atoms with van der Waals surface area (Å²) in [6, 6.07) is 142. The van der Waals surface area contributed by atoms with Crippen LogP contribution < -0.4 is 0 Å². The average Bonchev–Trinajstić information content (AvgIpc) is 1.55. The van der Waals surface area contributed by atoms with E-state index in [1.54, 1.807) is 0 Å². The summed E-state index contributed by atoms with van der Waals surface area (Å²) in [5.74, 6) is 1.54. The molecule has 0 aliphatic heterocycles. The Morgan fingerprint density at radius 1 is 0.184 bits per heavy atom. The Bertz CT molecular complexity index is 7360. The van der Waals surface area contributed by atoms with Gasteiger partial charge in [0.2, 0.25) is 0 Å². The van der Waals surface area contributed by atoms with E-state index in [4.69, 9.17) is 15.0 Å². The number of thiophene rings is 2. The van der Waals surface area contributed by atoms with Crippen LogP contribution in [0, 0.1) is 0 Å². The summed E-state index contributed by atoms with van der Waals surface area (Å²) < 4.78 is 14.9. The van der Waals surface area contributed by atoms with Gasteiger partial charge >= 0.3 is 0 Å². The molecule has 0 aliphatic carbocycles. The molecule has 8 aromatic heterocycles. The van der Waals surface area contributed by atoms with Gasteiger partial charge in [0.1, 0.15) is 5.82 Å². The van der Waals surface area contributed by atoms with Crippen LogP contribution in [0.1, 0.15) is 0 Å². The molecule has 24 aromatic rings. The van der Waals surface area contributed by atoms with Gasteiger partial charge in [-0.2, -0.15) is 0 Å². The predicted octanol–water partition coefficient (Wildman–Crippen LogP) is 28.7. The fraction of sp³-hybridized carbons (Fsp3) is 0. The van der Waals surface area contributed by atoms with Gasteiger partial charge in [0.25, 0.3) is 0 Å². The molecule has 0 saturated heterocycles. The summed E-state index contributed by atoms with van der Waals surface area (Å²) in [7, 11) is 0. The first-order valence-electron chi connectivity index (χ1n) is 38.6. The van der Waals surface area contributed by atoms with Gasteiger partial charge in [-0.3, -0.25) is 4.57 Å². The summed E-state index contributed by atoms with van der Waals surface area (Å²) >= 11 is 3.79. The molecule has 7 nitrogen and oxygen atoms in total. The number of nitrogens with zero attached hydrogens (tertiary/aromatic N) is 7. The highest BCUT2D eigenvalue weighted by Crippen LogP contribution is 2.47. The van der Waals surface area contributed by atoms with E-state index >= 15 is 0 Å². The van der Waals surface area contributed by atoms with Crippen LogP contribution in [0.5, 0.6) is 0 Å². The lowest BCUT2D eigenvalue weighted by Crippen LogP contribution is -2.02. The summed E-state index contributed by atoms with van der Waals surface area (Å²) in [4.78, 5) is 15.4. The van der Waals surface area contributed by atoms with Crippen molar-refractivity contribution < 1.29 is 0 Å². The second kappa shape index (κ2) is 26.6. The smallest absolute Gasteiger partial charge is 0.162 e. The Morgan fingerprint density at radius 3 is 0.974 bits per heavy atom. The number of rotatable bonds is 10. The summed E-state index contributed by atoms with van der Waals surface area (Å²) in [6.45, 7) is 0. The zero-order valence-electron chi connectivity index (χ0n) is 61.5. The van der Waals surface area contributed by atoms with Crippen LogP contribution in [-0.2, 0) is 0 Å². The van der Waals surface area contributed by atoms with E-state index in [1.165, 1.54) is 139 Å². The number of fused-ring (bicyclic) bond motifs is 20. The van der Waals surface area contributed by atoms with Crippen LogP contribution in [0.15, 0.2) is 394 Å². The molecule has 0 aliphatic rings. The minimum Gasteiger partial charge on any atom is -0.309 e. The molecule has 0 atom stereocenters. The number of pyridine rings is 1. The molecule has 24 rings (SSSR count). The van der Waals surface area contributed by atoms with Crippen molar-refractivity contribution >= 4 is 150 Å². The zero-order valence-corrected chi connectivity index (χ0v) is 63.1. The molecule has 532 valence electrons. The molecule has 0 spiro atoms. The monoisotopic (exact) mass is 1490 g/mol. The molecule has 0 amide bonds. The first-order valence-corrected chi connectivity index (χ1v) is 40.3. The number of hydrogen-bond acceptors (Lipinski definition) is 5. The van der Waals surface area contributed by atoms with E-state index in [1.807, 2.05) is 46.9 Å². The van der Waals surface area contributed by atoms with Crippen molar-refractivity contribution in [3.8, 4) is 90.3 Å². The van der Waals surface area contributed by atoms with E-state index in [2.05, 4.69) is 388 Å². The van der Waals surface area contributed by atoms with Crippen molar-refractivity contribution in [1.82, 2.24) is 33.2 Å². The topological polar surface area (TPSA) is 58.4 Å². The molecule has 114 heavy (non-hydrogen) atoms. The van der Waals surface area contributed by atoms with Crippen molar-refractivity contribution in [3.63, 3.8) is 0 Å². The first-order chi connectivity index (χ1) is 56.5. The number of aromatic nitrogens is 7. The highest BCUT2D eigenvalue weighted by molar-refractivity contribution is 7.27. The molecule has 9 heteroatoms. The lowest BCUT2D eigenvalue weighted by Gasteiger charge is -2.13. The minimum atomic E-state index is 0.700. The van der Waals surface area contributed by atoms with Crippen LogP contribution in [-0.4, -0.2) is 33.2 Å². The normalized spacial score (nSPS) is 11.9. The van der Waals surface area contributed by atoms with Gasteiger partial charge in [0.05, 0.1) is 66.9 Å². The van der Waals surface area contributed by atoms with Crippen molar-refractivity contribution in [2.75, 3.05) is 0 Å². The van der Waals surface area contributed by atoms with Gasteiger partial charge in [0, 0.05) is 123 Å². The first kappa shape index (κ1) is 65.3. The maximum absolute atomic E-state index is 5.21. The van der Waals surface area contributed by atoms with Gasteiger partial charge in [-0.05, 0) is 131 Å². The van der Waals surface area contributed by atoms with Gasteiger partial charge in [-0.1, -0.05) is 279 Å². The SMILES string of the molecule is c1ccc(-c2cc(-n3c4ccccc4c4cc(-c5ccc(-n6c7ccccc7c7c8sc9ccccc9c8ccc76)cc5)ccc43)cc(-c3ccccc3)n2)cc1.c1ccc(-c2cc(-n3c4ccccc4c4cc(-c5ccc(-n6c7ccccc7c7c8sc9ccccc9c8ccc76)cc5)ccc43)nc(-c3ccccc3)n2)cc1. The molecule has 0 bridgehead atoms. The maximum Gasteiger partial charge on any atom is 0.162 e. The standard InChI is InChI=1S/C53H33N3S.C52H32N4S/c1-3-13-35(14-4-1)45-32-39(33-46(54-45)36-15-5-2-6-16-36)56-47-20-10-7-17-40(47)44-31-37(25-29-49(44)56)34-23-26-38(27-24-34)55-48-21-11-8-19-43(48)52-50(55)30-28-42-41-18-9-12-22-51(41)57-53(42)52;1-3-13-34(14-4-1)43-32-49(54-52(53-43)35-15-5-2-6-16-35)56-44-20-10-7-17-38(44)42-31-36(25-29-46(42)56)33-23-26-37(27-24-33)55-45-21-11-8-19-41(45)50-47(55)30-28-40-39-18-9-12-22-48(39)57-51(40)50/h1-33H;1-32H. The fourth-order valence-corrected chi connectivity index (χ4v) is 20.2. The number of hydrogen-bond donors (Lipinski definition) is 0. The molecule has 0 unspecified atom stereocenters. The zero-order chi connectivity index (χ0) is 74.9. The average molecular weight is 1490 g/mol. The van der Waals surface area contributed by atoms with Crippen LogP contribution >= 0.6 is 22.7 Å². The largest absolute Gasteiger partial charge is 0.309 e. The van der Waals surface area contributed by atoms with Crippen molar-refractivity contribution in [1.29, 1.82) is 0 Å². The number of benzene rings is 16. The van der Waals surface area contributed by atoms with E-state index in [0.717, 1.165) is 73.2 Å². The lowest BCUT2D eigenvalue weighted by atomic mass is 10.0.